The summed E-state index contributed by atoms with van der Waals surface area (Å²) in [6.45, 7) is 7.73. The summed E-state index contributed by atoms with van der Waals surface area (Å²) >= 11 is 0. The molecule has 2 aliphatic rings. The molecule has 106 valence electrons. The number of benzene rings is 1. The van der Waals surface area contributed by atoms with E-state index in [-0.39, 0.29) is 11.6 Å². The molecule has 1 aromatic rings. The van der Waals surface area contributed by atoms with E-state index in [1.54, 1.807) is 5.57 Å². The normalized spacial score (nSPS) is 24.6. The van der Waals surface area contributed by atoms with Gasteiger partial charge in [0.1, 0.15) is 6.17 Å². The first kappa shape index (κ1) is 13.6. The summed E-state index contributed by atoms with van der Waals surface area (Å²) in [7, 11) is 0. The van der Waals surface area contributed by atoms with Crippen molar-refractivity contribution in [2.45, 2.75) is 46.2 Å². The monoisotopic (exact) mass is 268 g/mol. The van der Waals surface area contributed by atoms with E-state index in [1.807, 2.05) is 0 Å². The van der Waals surface area contributed by atoms with Gasteiger partial charge in [-0.15, -0.1) is 0 Å². The zero-order valence-electron chi connectivity index (χ0n) is 12.7. The van der Waals surface area contributed by atoms with Crippen LogP contribution in [0.15, 0.2) is 34.8 Å². The van der Waals surface area contributed by atoms with Gasteiger partial charge in [-0.25, -0.2) is 0 Å². The standard InChI is InChI=1S/C18H24N2/c1-13-15(9-8-14-6-4-5-7-16(13)14)10-17-19-11-18(2,3)12-20-17/h4-7,11,17,20H,8-10,12H2,1-3H3. The predicted molar refractivity (Wildman–Crippen MR) is 86.0 cm³/mol. The summed E-state index contributed by atoms with van der Waals surface area (Å²) in [6.07, 6.45) is 5.79. The summed E-state index contributed by atoms with van der Waals surface area (Å²) in [6, 6.07) is 8.80. The Balaban J connectivity index is 1.79. The minimum atomic E-state index is 0.194. The van der Waals surface area contributed by atoms with Crippen LogP contribution in [0.4, 0.5) is 0 Å². The number of nitrogens with one attached hydrogen (secondary N) is 1. The molecule has 0 saturated carbocycles. The maximum atomic E-state index is 4.70. The van der Waals surface area contributed by atoms with Gasteiger partial charge >= 0.3 is 0 Å². The summed E-state index contributed by atoms with van der Waals surface area (Å²) in [5.74, 6) is 0. The van der Waals surface area contributed by atoms with Gasteiger partial charge in [-0.1, -0.05) is 43.7 Å². The largest absolute Gasteiger partial charge is 0.295 e. The van der Waals surface area contributed by atoms with Gasteiger partial charge in [0.15, 0.2) is 0 Å². The molecule has 1 heterocycles. The number of aryl methyl sites for hydroxylation is 1. The fourth-order valence-electron chi connectivity index (χ4n) is 3.15. The summed E-state index contributed by atoms with van der Waals surface area (Å²) in [5, 5.41) is 3.57. The number of allylic oxidation sites excluding steroid dienone is 1. The molecule has 1 aromatic carbocycles. The van der Waals surface area contributed by atoms with E-state index in [0.717, 1.165) is 13.0 Å². The molecule has 3 rings (SSSR count). The van der Waals surface area contributed by atoms with Crippen molar-refractivity contribution >= 4 is 11.8 Å². The van der Waals surface area contributed by atoms with Crippen molar-refractivity contribution in [2.75, 3.05) is 6.54 Å². The molecule has 2 heteroatoms. The number of hydrogen-bond donors (Lipinski definition) is 1. The quantitative estimate of drug-likeness (QED) is 0.866. The molecule has 0 spiro atoms. The lowest BCUT2D eigenvalue weighted by atomic mass is 9.84. The molecule has 0 amide bonds. The van der Waals surface area contributed by atoms with Crippen molar-refractivity contribution in [3.8, 4) is 0 Å². The van der Waals surface area contributed by atoms with Crippen LogP contribution < -0.4 is 5.32 Å². The minimum absolute atomic E-state index is 0.194. The van der Waals surface area contributed by atoms with E-state index in [9.17, 15) is 0 Å². The molecule has 1 N–H and O–H groups in total. The van der Waals surface area contributed by atoms with Gasteiger partial charge < -0.3 is 0 Å². The molecule has 1 aliphatic heterocycles. The number of nitrogens with zero attached hydrogens (tertiary/aromatic N) is 1. The average molecular weight is 268 g/mol. The minimum Gasteiger partial charge on any atom is -0.295 e. The lowest BCUT2D eigenvalue weighted by Crippen LogP contribution is -2.42. The van der Waals surface area contributed by atoms with Crippen molar-refractivity contribution < 1.29 is 0 Å². The maximum absolute atomic E-state index is 4.70. The van der Waals surface area contributed by atoms with Crippen molar-refractivity contribution in [1.82, 2.24) is 5.32 Å². The smallest absolute Gasteiger partial charge is 0.103 e. The molecular formula is C18H24N2. The first-order valence-electron chi connectivity index (χ1n) is 7.60. The molecule has 0 bridgehead atoms. The van der Waals surface area contributed by atoms with Crippen molar-refractivity contribution in [2.24, 2.45) is 10.4 Å². The average Bonchev–Trinajstić information content (AvgIpc) is 2.44. The van der Waals surface area contributed by atoms with Gasteiger partial charge in [0.05, 0.1) is 0 Å². The lowest BCUT2D eigenvalue weighted by Gasteiger charge is -2.31. The summed E-state index contributed by atoms with van der Waals surface area (Å²) in [5.41, 5.74) is 6.16. The molecule has 1 atom stereocenters. The molecule has 20 heavy (non-hydrogen) atoms. The van der Waals surface area contributed by atoms with Crippen molar-refractivity contribution in [3.05, 3.63) is 41.0 Å². The first-order chi connectivity index (χ1) is 9.55. The van der Waals surface area contributed by atoms with Crippen LogP contribution in [0, 0.1) is 5.41 Å². The first-order valence-corrected chi connectivity index (χ1v) is 7.60. The van der Waals surface area contributed by atoms with Gasteiger partial charge in [-0.3, -0.25) is 10.3 Å². The van der Waals surface area contributed by atoms with Crippen LogP contribution in [0.1, 0.15) is 44.7 Å². The van der Waals surface area contributed by atoms with Crippen LogP contribution in [0.2, 0.25) is 0 Å². The Bertz CT molecular complexity index is 567. The number of rotatable bonds is 2. The molecular weight excluding hydrogens is 244 g/mol. The van der Waals surface area contributed by atoms with E-state index in [2.05, 4.69) is 56.6 Å². The highest BCUT2D eigenvalue weighted by atomic mass is 15.1. The topological polar surface area (TPSA) is 24.4 Å². The van der Waals surface area contributed by atoms with Gasteiger partial charge in [0.2, 0.25) is 0 Å². The Kier molecular flexibility index (Phi) is 3.51. The Labute approximate surface area is 122 Å². The fourth-order valence-corrected chi connectivity index (χ4v) is 3.15. The molecule has 0 aromatic heterocycles. The van der Waals surface area contributed by atoms with Crippen molar-refractivity contribution in [1.29, 1.82) is 0 Å². The van der Waals surface area contributed by atoms with E-state index >= 15 is 0 Å². The van der Waals surface area contributed by atoms with Crippen molar-refractivity contribution in [3.63, 3.8) is 0 Å². The molecule has 0 saturated heterocycles. The highest BCUT2D eigenvalue weighted by Gasteiger charge is 2.24. The zero-order valence-corrected chi connectivity index (χ0v) is 12.7. The molecule has 1 unspecified atom stereocenters. The predicted octanol–water partition coefficient (Wildman–Crippen LogP) is 3.82. The van der Waals surface area contributed by atoms with Crippen LogP contribution in [-0.4, -0.2) is 18.9 Å². The highest BCUT2D eigenvalue weighted by molar-refractivity contribution is 5.72. The Morgan fingerprint density at radius 2 is 2.05 bits per heavy atom. The Morgan fingerprint density at radius 3 is 2.80 bits per heavy atom. The van der Waals surface area contributed by atoms with Gasteiger partial charge in [-0.05, 0) is 36.5 Å². The van der Waals surface area contributed by atoms with Gasteiger partial charge in [-0.2, -0.15) is 0 Å². The second-order valence-electron chi connectivity index (χ2n) is 6.75. The number of aliphatic imine (C=N–C) groups is 1. The van der Waals surface area contributed by atoms with Crippen LogP contribution in [0.25, 0.3) is 5.57 Å². The van der Waals surface area contributed by atoms with E-state index in [1.165, 1.54) is 29.5 Å². The third-order valence-electron chi connectivity index (χ3n) is 4.48. The second kappa shape index (κ2) is 5.17. The number of fused-ring (bicyclic) bond motifs is 1. The molecule has 2 nitrogen and oxygen atoms in total. The highest BCUT2D eigenvalue weighted by Crippen LogP contribution is 2.33. The third kappa shape index (κ3) is 2.71. The van der Waals surface area contributed by atoms with Crippen LogP contribution >= 0.6 is 0 Å². The van der Waals surface area contributed by atoms with E-state index in [4.69, 9.17) is 4.99 Å². The summed E-state index contributed by atoms with van der Waals surface area (Å²) < 4.78 is 0. The maximum Gasteiger partial charge on any atom is 0.103 e. The van der Waals surface area contributed by atoms with Crippen LogP contribution in [-0.2, 0) is 6.42 Å². The van der Waals surface area contributed by atoms with E-state index < -0.39 is 0 Å². The van der Waals surface area contributed by atoms with Gasteiger partial charge in [0, 0.05) is 24.6 Å². The van der Waals surface area contributed by atoms with Crippen LogP contribution in [0.5, 0.6) is 0 Å². The zero-order chi connectivity index (χ0) is 14.2. The third-order valence-corrected chi connectivity index (χ3v) is 4.48. The Hall–Kier alpha value is -1.41. The fraction of sp³-hybridized carbons (Fsp3) is 0.500. The lowest BCUT2D eigenvalue weighted by molar-refractivity contribution is 0.392. The summed E-state index contributed by atoms with van der Waals surface area (Å²) in [4.78, 5) is 4.70. The molecule has 1 aliphatic carbocycles. The Morgan fingerprint density at radius 1 is 1.25 bits per heavy atom. The van der Waals surface area contributed by atoms with Gasteiger partial charge in [0.25, 0.3) is 0 Å². The van der Waals surface area contributed by atoms with E-state index in [0.29, 0.717) is 0 Å². The second-order valence-corrected chi connectivity index (χ2v) is 6.75. The van der Waals surface area contributed by atoms with Crippen LogP contribution in [0.3, 0.4) is 0 Å². The molecule has 0 radical (unpaired) electrons. The molecule has 0 fully saturated rings. The SMILES string of the molecule is CC1=C(CC2N=CC(C)(C)CN2)CCc2ccccc21. The number of hydrogen-bond acceptors (Lipinski definition) is 2.